The predicted octanol–water partition coefficient (Wildman–Crippen LogP) is 1.86. The summed E-state index contributed by atoms with van der Waals surface area (Å²) in [6.07, 6.45) is 3.31. The summed E-state index contributed by atoms with van der Waals surface area (Å²) < 4.78 is 41.1. The van der Waals surface area contributed by atoms with Crippen LogP contribution in [0.5, 0.6) is 0 Å². The van der Waals surface area contributed by atoms with Crippen molar-refractivity contribution in [2.24, 2.45) is 0 Å². The minimum absolute atomic E-state index is 0.0172. The summed E-state index contributed by atoms with van der Waals surface area (Å²) in [5.41, 5.74) is 1.24. The summed E-state index contributed by atoms with van der Waals surface area (Å²) in [5.74, 6) is -0.515. The number of sulfonamides is 1. The standard InChI is InChI=1S/C16H18FN3O2S/c1-12-4-5-14(9-15(12)17)23(21,22)20-8-7-19-11-16(20)13-3-2-6-18-10-13/h2-6,9-10,16,19H,7-8,11H2,1H3. The number of pyridine rings is 1. The fourth-order valence-electron chi connectivity index (χ4n) is 2.70. The van der Waals surface area contributed by atoms with Crippen molar-refractivity contribution in [2.75, 3.05) is 19.6 Å². The number of nitrogens with one attached hydrogen (secondary N) is 1. The largest absolute Gasteiger partial charge is 0.313 e. The summed E-state index contributed by atoms with van der Waals surface area (Å²) in [7, 11) is -3.77. The number of hydrogen-bond acceptors (Lipinski definition) is 4. The van der Waals surface area contributed by atoms with E-state index in [1.807, 2.05) is 6.07 Å². The normalized spacial score (nSPS) is 19.7. The molecule has 5 nitrogen and oxygen atoms in total. The van der Waals surface area contributed by atoms with E-state index in [1.54, 1.807) is 25.4 Å². The molecule has 1 N–H and O–H groups in total. The molecule has 0 aliphatic carbocycles. The molecule has 1 aliphatic heterocycles. The topological polar surface area (TPSA) is 62.3 Å². The fraction of sp³-hybridized carbons (Fsp3) is 0.312. The lowest BCUT2D eigenvalue weighted by Crippen LogP contribution is -2.48. The molecule has 0 bridgehead atoms. The third-order valence-corrected chi connectivity index (χ3v) is 5.92. The van der Waals surface area contributed by atoms with Crippen molar-refractivity contribution < 1.29 is 12.8 Å². The lowest BCUT2D eigenvalue weighted by atomic mass is 10.1. The van der Waals surface area contributed by atoms with Gasteiger partial charge in [-0.1, -0.05) is 12.1 Å². The summed E-state index contributed by atoms with van der Waals surface area (Å²) in [6, 6.07) is 7.31. The maximum Gasteiger partial charge on any atom is 0.243 e. The van der Waals surface area contributed by atoms with E-state index in [1.165, 1.54) is 16.4 Å². The van der Waals surface area contributed by atoms with Crippen LogP contribution in [0.4, 0.5) is 4.39 Å². The third-order valence-electron chi connectivity index (χ3n) is 4.01. The Morgan fingerprint density at radius 2 is 2.17 bits per heavy atom. The maximum absolute atomic E-state index is 13.8. The number of benzene rings is 1. The smallest absolute Gasteiger partial charge is 0.243 e. The first kappa shape index (κ1) is 16.0. The molecule has 2 heterocycles. The van der Waals surface area contributed by atoms with Crippen molar-refractivity contribution in [2.45, 2.75) is 17.9 Å². The van der Waals surface area contributed by atoms with E-state index in [9.17, 15) is 12.8 Å². The van der Waals surface area contributed by atoms with Gasteiger partial charge in [-0.15, -0.1) is 0 Å². The van der Waals surface area contributed by atoms with E-state index in [0.29, 0.717) is 25.2 Å². The lowest BCUT2D eigenvalue weighted by molar-refractivity contribution is 0.271. The Hall–Kier alpha value is -1.83. The molecule has 1 atom stereocenters. The summed E-state index contributed by atoms with van der Waals surface area (Å²) in [5, 5.41) is 3.20. The van der Waals surface area contributed by atoms with Crippen molar-refractivity contribution in [3.05, 3.63) is 59.7 Å². The van der Waals surface area contributed by atoms with E-state index in [0.717, 1.165) is 11.6 Å². The van der Waals surface area contributed by atoms with E-state index < -0.39 is 15.8 Å². The van der Waals surface area contributed by atoms with Gasteiger partial charge in [0.25, 0.3) is 0 Å². The van der Waals surface area contributed by atoms with E-state index >= 15 is 0 Å². The zero-order valence-electron chi connectivity index (χ0n) is 12.7. The Morgan fingerprint density at radius 1 is 1.35 bits per heavy atom. The van der Waals surface area contributed by atoms with Crippen LogP contribution in [-0.4, -0.2) is 37.3 Å². The molecule has 23 heavy (non-hydrogen) atoms. The molecule has 1 aromatic carbocycles. The van der Waals surface area contributed by atoms with Gasteiger partial charge in [-0.2, -0.15) is 4.31 Å². The number of hydrogen-bond donors (Lipinski definition) is 1. The first-order valence-corrected chi connectivity index (χ1v) is 8.83. The van der Waals surface area contributed by atoms with Crippen LogP contribution in [0.25, 0.3) is 0 Å². The molecular weight excluding hydrogens is 317 g/mol. The highest BCUT2D eigenvalue weighted by Gasteiger charge is 2.34. The second-order valence-corrected chi connectivity index (χ2v) is 7.42. The molecule has 0 saturated carbocycles. The Labute approximate surface area is 135 Å². The number of nitrogens with zero attached hydrogens (tertiary/aromatic N) is 2. The summed E-state index contributed by atoms with van der Waals surface area (Å²) in [6.45, 7) is 3.00. The number of aromatic nitrogens is 1. The minimum Gasteiger partial charge on any atom is -0.313 e. The van der Waals surface area contributed by atoms with Gasteiger partial charge in [0, 0.05) is 32.0 Å². The highest BCUT2D eigenvalue weighted by Crippen LogP contribution is 2.29. The van der Waals surface area contributed by atoms with Gasteiger partial charge < -0.3 is 5.32 Å². The Morgan fingerprint density at radius 3 is 2.87 bits per heavy atom. The monoisotopic (exact) mass is 335 g/mol. The molecule has 3 rings (SSSR count). The van der Waals surface area contributed by atoms with Gasteiger partial charge in [0.15, 0.2) is 0 Å². The summed E-state index contributed by atoms with van der Waals surface area (Å²) in [4.78, 5) is 4.05. The second kappa shape index (κ2) is 6.35. The molecule has 0 amide bonds. The van der Waals surface area contributed by atoms with Crippen LogP contribution in [0, 0.1) is 12.7 Å². The van der Waals surface area contributed by atoms with Crippen LogP contribution in [0.1, 0.15) is 17.2 Å². The van der Waals surface area contributed by atoms with Crippen molar-refractivity contribution in [1.82, 2.24) is 14.6 Å². The van der Waals surface area contributed by atoms with Gasteiger partial charge in [0.1, 0.15) is 5.82 Å². The quantitative estimate of drug-likeness (QED) is 0.930. The zero-order chi connectivity index (χ0) is 16.4. The van der Waals surface area contributed by atoms with Crippen LogP contribution < -0.4 is 5.32 Å². The number of rotatable bonds is 3. The SMILES string of the molecule is Cc1ccc(S(=O)(=O)N2CCNCC2c2cccnc2)cc1F. The molecule has 7 heteroatoms. The Bertz CT molecular complexity index is 796. The number of aryl methyl sites for hydroxylation is 1. The molecule has 1 aromatic heterocycles. The molecule has 1 fully saturated rings. The second-order valence-electron chi connectivity index (χ2n) is 5.53. The predicted molar refractivity (Wildman–Crippen MR) is 84.9 cm³/mol. The molecular formula is C16H18FN3O2S. The molecule has 1 saturated heterocycles. The molecule has 122 valence electrons. The third kappa shape index (κ3) is 3.12. The van der Waals surface area contributed by atoms with Gasteiger partial charge in [0.2, 0.25) is 10.0 Å². The highest BCUT2D eigenvalue weighted by atomic mass is 32.2. The Kier molecular flexibility index (Phi) is 4.43. The van der Waals surface area contributed by atoms with Crippen LogP contribution in [0.15, 0.2) is 47.6 Å². The van der Waals surface area contributed by atoms with Crippen LogP contribution in [0.2, 0.25) is 0 Å². The maximum atomic E-state index is 13.8. The van der Waals surface area contributed by atoms with E-state index in [-0.39, 0.29) is 10.9 Å². The fourth-order valence-corrected chi connectivity index (χ4v) is 4.33. The first-order valence-electron chi connectivity index (χ1n) is 7.39. The zero-order valence-corrected chi connectivity index (χ0v) is 13.6. The first-order chi connectivity index (χ1) is 11.0. The van der Waals surface area contributed by atoms with Crippen molar-refractivity contribution >= 4 is 10.0 Å². The van der Waals surface area contributed by atoms with Crippen molar-refractivity contribution in [3.63, 3.8) is 0 Å². The summed E-state index contributed by atoms with van der Waals surface area (Å²) >= 11 is 0. The van der Waals surface area contributed by atoms with Crippen LogP contribution in [-0.2, 0) is 10.0 Å². The molecule has 0 spiro atoms. The molecule has 1 aliphatic rings. The number of halogens is 1. The molecule has 1 unspecified atom stereocenters. The van der Waals surface area contributed by atoms with Crippen LogP contribution >= 0.6 is 0 Å². The van der Waals surface area contributed by atoms with Crippen molar-refractivity contribution in [3.8, 4) is 0 Å². The number of piperazine rings is 1. The van der Waals surface area contributed by atoms with Gasteiger partial charge in [-0.3, -0.25) is 4.98 Å². The van der Waals surface area contributed by atoms with Crippen LogP contribution in [0.3, 0.4) is 0 Å². The highest BCUT2D eigenvalue weighted by molar-refractivity contribution is 7.89. The van der Waals surface area contributed by atoms with Crippen molar-refractivity contribution in [1.29, 1.82) is 0 Å². The van der Waals surface area contributed by atoms with Gasteiger partial charge in [0.05, 0.1) is 10.9 Å². The lowest BCUT2D eigenvalue weighted by Gasteiger charge is -2.35. The molecule has 0 radical (unpaired) electrons. The van der Waals surface area contributed by atoms with Gasteiger partial charge >= 0.3 is 0 Å². The minimum atomic E-state index is -3.77. The van der Waals surface area contributed by atoms with E-state index in [4.69, 9.17) is 0 Å². The average Bonchev–Trinajstić information content (AvgIpc) is 2.58. The Balaban J connectivity index is 2.00. The van der Waals surface area contributed by atoms with Gasteiger partial charge in [-0.05, 0) is 36.2 Å². The van der Waals surface area contributed by atoms with E-state index in [2.05, 4.69) is 10.3 Å². The van der Waals surface area contributed by atoms with Gasteiger partial charge in [-0.25, -0.2) is 12.8 Å². The molecule has 2 aromatic rings. The average molecular weight is 335 g/mol.